The van der Waals surface area contributed by atoms with Crippen molar-refractivity contribution in [1.29, 1.82) is 0 Å². The third-order valence-electron chi connectivity index (χ3n) is 2.69. The second kappa shape index (κ2) is 3.76. The first kappa shape index (κ1) is 10.9. The van der Waals surface area contributed by atoms with Crippen molar-refractivity contribution in [3.05, 3.63) is 35.4 Å². The fourth-order valence-corrected chi connectivity index (χ4v) is 1.63. The average molecular weight is 218 g/mol. The normalized spacial score (nSPS) is 22.4. The van der Waals surface area contributed by atoms with Crippen LogP contribution in [0.5, 0.6) is 5.75 Å². The van der Waals surface area contributed by atoms with E-state index in [4.69, 9.17) is 4.74 Å². The van der Waals surface area contributed by atoms with E-state index in [0.717, 1.165) is 5.56 Å². The summed E-state index contributed by atoms with van der Waals surface area (Å²) in [5, 5.41) is 9.19. The molecule has 0 spiro atoms. The summed E-state index contributed by atoms with van der Waals surface area (Å²) in [6.07, 6.45) is 3.68. The number of fused-ring (bicyclic) bond motifs is 1. The number of carbonyl (C=O) groups excluding carboxylic acids is 1. The number of hydrogen-bond donors (Lipinski definition) is 1. The summed E-state index contributed by atoms with van der Waals surface area (Å²) in [5.41, 5.74) is 0.878. The summed E-state index contributed by atoms with van der Waals surface area (Å²) in [6.45, 7) is 3.27. The maximum Gasteiger partial charge on any atom is 0.159 e. The molecule has 0 bridgehead atoms. The predicted octanol–water partition coefficient (Wildman–Crippen LogP) is 2.05. The number of hydrogen-bond acceptors (Lipinski definition) is 3. The van der Waals surface area contributed by atoms with E-state index in [-0.39, 0.29) is 12.4 Å². The maximum atomic E-state index is 11.2. The molecule has 0 saturated heterocycles. The van der Waals surface area contributed by atoms with Crippen molar-refractivity contribution in [2.24, 2.45) is 0 Å². The van der Waals surface area contributed by atoms with Crippen LogP contribution in [-0.4, -0.2) is 23.1 Å². The first-order valence-corrected chi connectivity index (χ1v) is 5.18. The van der Waals surface area contributed by atoms with E-state index in [1.165, 1.54) is 6.92 Å². The molecule has 0 aromatic heterocycles. The molecule has 0 aliphatic carbocycles. The van der Waals surface area contributed by atoms with Crippen molar-refractivity contribution >= 4 is 11.9 Å². The highest BCUT2D eigenvalue weighted by Gasteiger charge is 2.26. The highest BCUT2D eigenvalue weighted by atomic mass is 16.5. The molecule has 0 fully saturated rings. The highest BCUT2D eigenvalue weighted by molar-refractivity contribution is 5.95. The number of aliphatic hydroxyl groups is 1. The molecule has 3 nitrogen and oxygen atoms in total. The molecule has 2 rings (SSSR count). The second-order valence-electron chi connectivity index (χ2n) is 4.21. The van der Waals surface area contributed by atoms with Gasteiger partial charge in [-0.25, -0.2) is 0 Å². The van der Waals surface area contributed by atoms with Crippen molar-refractivity contribution in [1.82, 2.24) is 0 Å². The Kier molecular flexibility index (Phi) is 2.56. The molecule has 1 aromatic carbocycles. The summed E-state index contributed by atoms with van der Waals surface area (Å²) < 4.78 is 5.66. The summed E-state index contributed by atoms with van der Waals surface area (Å²) in [6, 6.07) is 5.30. The molecule has 1 aliphatic heterocycles. The van der Waals surface area contributed by atoms with Crippen LogP contribution in [0.4, 0.5) is 0 Å². The summed E-state index contributed by atoms with van der Waals surface area (Å²) in [4.78, 5) is 11.2. The first-order valence-electron chi connectivity index (χ1n) is 5.18. The molecule has 0 unspecified atom stereocenters. The minimum atomic E-state index is -0.662. The third kappa shape index (κ3) is 1.86. The van der Waals surface area contributed by atoms with Crippen LogP contribution < -0.4 is 4.74 Å². The van der Waals surface area contributed by atoms with E-state index >= 15 is 0 Å². The number of rotatable bonds is 2. The van der Waals surface area contributed by atoms with E-state index in [1.807, 2.05) is 13.0 Å². The SMILES string of the molecule is CC(=O)c1ccc2c(c1)C=C[C@@](C)(CO)O2. The Labute approximate surface area is 94.4 Å². The molecule has 1 N–H and O–H groups in total. The molecule has 0 amide bonds. The molecule has 3 heteroatoms. The van der Waals surface area contributed by atoms with Crippen LogP contribution in [-0.2, 0) is 0 Å². The number of carbonyl (C=O) groups is 1. The monoisotopic (exact) mass is 218 g/mol. The van der Waals surface area contributed by atoms with Gasteiger partial charge in [-0.05, 0) is 38.1 Å². The van der Waals surface area contributed by atoms with Gasteiger partial charge < -0.3 is 9.84 Å². The maximum absolute atomic E-state index is 11.2. The van der Waals surface area contributed by atoms with Gasteiger partial charge in [0.25, 0.3) is 0 Å². The number of Topliss-reactive ketones (excluding diaryl/α,β-unsaturated/α-hetero) is 1. The molecule has 1 atom stereocenters. The van der Waals surface area contributed by atoms with Crippen LogP contribution in [0.15, 0.2) is 24.3 Å². The molecule has 0 radical (unpaired) electrons. The minimum Gasteiger partial charge on any atom is -0.480 e. The van der Waals surface area contributed by atoms with Gasteiger partial charge in [-0.2, -0.15) is 0 Å². The Bertz CT molecular complexity index is 462. The molecule has 1 aromatic rings. The van der Waals surface area contributed by atoms with Crippen molar-refractivity contribution in [3.63, 3.8) is 0 Å². The molecule has 1 heterocycles. The van der Waals surface area contributed by atoms with Crippen LogP contribution in [0.1, 0.15) is 29.8 Å². The lowest BCUT2D eigenvalue weighted by Crippen LogP contribution is -2.35. The Balaban J connectivity index is 2.40. The zero-order valence-corrected chi connectivity index (χ0v) is 9.36. The van der Waals surface area contributed by atoms with Gasteiger partial charge in [0, 0.05) is 11.1 Å². The van der Waals surface area contributed by atoms with Crippen molar-refractivity contribution < 1.29 is 14.6 Å². The van der Waals surface area contributed by atoms with Crippen LogP contribution in [0.2, 0.25) is 0 Å². The quantitative estimate of drug-likeness (QED) is 0.773. The van der Waals surface area contributed by atoms with Gasteiger partial charge in [0.2, 0.25) is 0 Å². The Hall–Kier alpha value is -1.61. The molecule has 1 aliphatic rings. The number of aliphatic hydroxyl groups excluding tert-OH is 1. The van der Waals surface area contributed by atoms with Gasteiger partial charge in [-0.15, -0.1) is 0 Å². The van der Waals surface area contributed by atoms with Gasteiger partial charge >= 0.3 is 0 Å². The van der Waals surface area contributed by atoms with Crippen molar-refractivity contribution in [2.45, 2.75) is 19.4 Å². The Morgan fingerprint density at radius 1 is 1.50 bits per heavy atom. The largest absolute Gasteiger partial charge is 0.480 e. The Morgan fingerprint density at radius 2 is 2.25 bits per heavy atom. The van der Waals surface area contributed by atoms with Gasteiger partial charge in [-0.3, -0.25) is 4.79 Å². The summed E-state index contributed by atoms with van der Waals surface area (Å²) in [7, 11) is 0. The fraction of sp³-hybridized carbons (Fsp3) is 0.308. The van der Waals surface area contributed by atoms with E-state index in [2.05, 4.69) is 0 Å². The standard InChI is InChI=1S/C13H14O3/c1-9(15)10-3-4-12-11(7-10)5-6-13(2,8-14)16-12/h3-7,14H,8H2,1-2H3/t13-/m0/s1. The van der Waals surface area contributed by atoms with Crippen molar-refractivity contribution in [2.75, 3.05) is 6.61 Å². The average Bonchev–Trinajstić information content (AvgIpc) is 2.28. The van der Waals surface area contributed by atoms with E-state index < -0.39 is 5.60 Å². The Morgan fingerprint density at radius 3 is 2.88 bits per heavy atom. The number of ether oxygens (including phenoxy) is 1. The topological polar surface area (TPSA) is 46.5 Å². The second-order valence-corrected chi connectivity index (χ2v) is 4.21. The first-order chi connectivity index (χ1) is 7.54. The molecule has 84 valence electrons. The van der Waals surface area contributed by atoms with Crippen molar-refractivity contribution in [3.8, 4) is 5.75 Å². The van der Waals surface area contributed by atoms with Crippen LogP contribution in [0.3, 0.4) is 0 Å². The van der Waals surface area contributed by atoms with E-state index in [9.17, 15) is 9.90 Å². The molecular weight excluding hydrogens is 204 g/mol. The van der Waals surface area contributed by atoms with E-state index in [1.54, 1.807) is 24.3 Å². The van der Waals surface area contributed by atoms with Crippen LogP contribution >= 0.6 is 0 Å². The predicted molar refractivity (Wildman–Crippen MR) is 61.6 cm³/mol. The lowest BCUT2D eigenvalue weighted by Gasteiger charge is -2.29. The van der Waals surface area contributed by atoms with Crippen LogP contribution in [0.25, 0.3) is 6.08 Å². The third-order valence-corrected chi connectivity index (χ3v) is 2.69. The minimum absolute atomic E-state index is 0.0340. The van der Waals surface area contributed by atoms with E-state index in [0.29, 0.717) is 11.3 Å². The van der Waals surface area contributed by atoms with Gasteiger partial charge in [0.1, 0.15) is 11.4 Å². The van der Waals surface area contributed by atoms with Gasteiger partial charge in [-0.1, -0.05) is 6.08 Å². The number of benzene rings is 1. The lowest BCUT2D eigenvalue weighted by atomic mass is 9.99. The summed E-state index contributed by atoms with van der Waals surface area (Å²) >= 11 is 0. The van der Waals surface area contributed by atoms with Gasteiger partial charge in [0.05, 0.1) is 6.61 Å². The fourth-order valence-electron chi connectivity index (χ4n) is 1.63. The molecule has 16 heavy (non-hydrogen) atoms. The van der Waals surface area contributed by atoms with Crippen LogP contribution in [0, 0.1) is 0 Å². The molecular formula is C13H14O3. The smallest absolute Gasteiger partial charge is 0.159 e. The lowest BCUT2D eigenvalue weighted by molar-refractivity contribution is 0.0641. The number of ketones is 1. The zero-order chi connectivity index (χ0) is 11.8. The summed E-state index contributed by atoms with van der Waals surface area (Å²) in [5.74, 6) is 0.732. The zero-order valence-electron chi connectivity index (χ0n) is 9.36. The van der Waals surface area contributed by atoms with Gasteiger partial charge in [0.15, 0.2) is 5.78 Å². The highest BCUT2D eigenvalue weighted by Crippen LogP contribution is 2.31. The molecule has 0 saturated carbocycles.